The molecule has 0 amide bonds. The van der Waals surface area contributed by atoms with Crippen molar-refractivity contribution in [2.24, 2.45) is 0 Å². The van der Waals surface area contributed by atoms with Gasteiger partial charge in [-0.15, -0.1) is 0 Å². The molecule has 0 aliphatic carbocycles. The summed E-state index contributed by atoms with van der Waals surface area (Å²) < 4.78 is 1.35. The molecule has 6 heteroatoms. The van der Waals surface area contributed by atoms with E-state index in [0.29, 0.717) is 10.7 Å². The number of anilines is 1. The number of nitrogens with zero attached hydrogens (tertiary/aromatic N) is 1. The van der Waals surface area contributed by atoms with Crippen molar-refractivity contribution in [1.82, 2.24) is 9.55 Å². The molecular formula is C11H10ClN3O2. The molecule has 0 atom stereocenters. The van der Waals surface area contributed by atoms with Crippen molar-refractivity contribution in [2.45, 2.75) is 6.54 Å². The van der Waals surface area contributed by atoms with Crippen LogP contribution in [-0.2, 0) is 6.54 Å². The van der Waals surface area contributed by atoms with Gasteiger partial charge in [0.05, 0.1) is 6.54 Å². The first-order valence-corrected chi connectivity index (χ1v) is 5.28. The minimum atomic E-state index is -0.476. The predicted molar refractivity (Wildman–Crippen MR) is 66.3 cm³/mol. The van der Waals surface area contributed by atoms with Gasteiger partial charge in [0.15, 0.2) is 0 Å². The van der Waals surface area contributed by atoms with E-state index >= 15 is 0 Å². The number of hydrogen-bond acceptors (Lipinski definition) is 3. The number of nitrogens with two attached hydrogens (primary N) is 1. The summed E-state index contributed by atoms with van der Waals surface area (Å²) in [7, 11) is 0. The Labute approximate surface area is 101 Å². The summed E-state index contributed by atoms with van der Waals surface area (Å²) in [5, 5.41) is 0.525. The summed E-state index contributed by atoms with van der Waals surface area (Å²) in [6.07, 6.45) is 1.42. The van der Waals surface area contributed by atoms with Crippen LogP contribution in [0.4, 0.5) is 5.69 Å². The van der Waals surface area contributed by atoms with Crippen LogP contribution in [-0.4, -0.2) is 9.55 Å². The maximum Gasteiger partial charge on any atom is 0.328 e. The summed E-state index contributed by atoms with van der Waals surface area (Å²) in [5.74, 6) is 0. The highest BCUT2D eigenvalue weighted by molar-refractivity contribution is 6.31. The third kappa shape index (κ3) is 2.57. The van der Waals surface area contributed by atoms with E-state index in [0.717, 1.165) is 5.56 Å². The molecule has 0 bridgehead atoms. The fourth-order valence-electron chi connectivity index (χ4n) is 1.47. The number of rotatable bonds is 2. The summed E-state index contributed by atoms with van der Waals surface area (Å²) >= 11 is 5.99. The number of halogens is 1. The van der Waals surface area contributed by atoms with Gasteiger partial charge in [0.2, 0.25) is 0 Å². The lowest BCUT2D eigenvalue weighted by molar-refractivity contribution is 0.721. The summed E-state index contributed by atoms with van der Waals surface area (Å²) in [5.41, 5.74) is 6.03. The fraction of sp³-hybridized carbons (Fsp3) is 0.0909. The topological polar surface area (TPSA) is 80.9 Å². The maximum atomic E-state index is 11.5. The first-order chi connectivity index (χ1) is 8.06. The minimum absolute atomic E-state index is 0.263. The molecule has 0 saturated carbocycles. The molecule has 0 aliphatic heterocycles. The van der Waals surface area contributed by atoms with Gasteiger partial charge in [-0.3, -0.25) is 14.3 Å². The van der Waals surface area contributed by atoms with Gasteiger partial charge in [-0.05, 0) is 23.8 Å². The van der Waals surface area contributed by atoms with Crippen LogP contribution >= 0.6 is 11.6 Å². The minimum Gasteiger partial charge on any atom is -0.399 e. The van der Waals surface area contributed by atoms with Gasteiger partial charge < -0.3 is 5.73 Å². The third-order valence-electron chi connectivity index (χ3n) is 2.31. The smallest absolute Gasteiger partial charge is 0.328 e. The number of nitrogen functional groups attached to an aromatic ring is 1. The highest BCUT2D eigenvalue weighted by atomic mass is 35.5. The van der Waals surface area contributed by atoms with E-state index in [-0.39, 0.29) is 6.54 Å². The van der Waals surface area contributed by atoms with Crippen LogP contribution in [0, 0.1) is 0 Å². The Morgan fingerprint density at radius 1 is 1.29 bits per heavy atom. The number of aromatic amines is 1. The van der Waals surface area contributed by atoms with Crippen molar-refractivity contribution < 1.29 is 0 Å². The van der Waals surface area contributed by atoms with E-state index in [1.54, 1.807) is 18.2 Å². The number of benzene rings is 1. The van der Waals surface area contributed by atoms with Gasteiger partial charge in [0, 0.05) is 23.0 Å². The van der Waals surface area contributed by atoms with E-state index < -0.39 is 11.2 Å². The number of H-pyrrole nitrogens is 1. The molecule has 0 fully saturated rings. The molecule has 0 unspecified atom stereocenters. The predicted octanol–water partition coefficient (Wildman–Crippen LogP) is 0.821. The van der Waals surface area contributed by atoms with Gasteiger partial charge in [0.1, 0.15) is 0 Å². The Bertz CT molecular complexity index is 660. The second-order valence-electron chi connectivity index (χ2n) is 3.59. The molecule has 1 heterocycles. The average molecular weight is 252 g/mol. The third-order valence-corrected chi connectivity index (χ3v) is 2.68. The maximum absolute atomic E-state index is 11.5. The number of nitrogens with one attached hydrogen (secondary N) is 1. The van der Waals surface area contributed by atoms with E-state index in [2.05, 4.69) is 4.98 Å². The number of hydrogen-bond donors (Lipinski definition) is 2. The Morgan fingerprint density at radius 2 is 2.06 bits per heavy atom. The van der Waals surface area contributed by atoms with Crippen LogP contribution in [0.25, 0.3) is 0 Å². The van der Waals surface area contributed by atoms with Gasteiger partial charge in [-0.2, -0.15) is 0 Å². The van der Waals surface area contributed by atoms with Gasteiger partial charge in [-0.25, -0.2) is 4.79 Å². The lowest BCUT2D eigenvalue weighted by atomic mass is 10.2. The Kier molecular flexibility index (Phi) is 3.01. The first kappa shape index (κ1) is 11.5. The molecule has 2 aromatic rings. The highest BCUT2D eigenvalue weighted by Gasteiger charge is 2.03. The molecule has 2 rings (SSSR count). The zero-order valence-corrected chi connectivity index (χ0v) is 9.57. The fourth-order valence-corrected chi connectivity index (χ4v) is 1.65. The lowest BCUT2D eigenvalue weighted by Gasteiger charge is -2.07. The van der Waals surface area contributed by atoms with Crippen LogP contribution in [0.2, 0.25) is 5.02 Å². The van der Waals surface area contributed by atoms with E-state index in [4.69, 9.17) is 17.3 Å². The monoisotopic (exact) mass is 251 g/mol. The van der Waals surface area contributed by atoms with Gasteiger partial charge in [0.25, 0.3) is 5.56 Å². The van der Waals surface area contributed by atoms with Gasteiger partial charge in [-0.1, -0.05) is 11.6 Å². The second-order valence-corrected chi connectivity index (χ2v) is 4.00. The standard InChI is InChI=1S/C11H10ClN3O2/c12-9-2-1-8(13)5-7(9)6-15-4-3-10(16)14-11(15)17/h1-5H,6,13H2,(H,14,16,17). The summed E-state index contributed by atoms with van der Waals surface area (Å²) in [6, 6.07) is 6.33. The van der Waals surface area contributed by atoms with Crippen LogP contribution in [0.5, 0.6) is 0 Å². The van der Waals surface area contributed by atoms with E-state index in [9.17, 15) is 9.59 Å². The molecule has 0 saturated heterocycles. The normalized spacial score (nSPS) is 10.4. The van der Waals surface area contributed by atoms with Crippen molar-refractivity contribution in [2.75, 3.05) is 5.73 Å². The molecule has 88 valence electrons. The zero-order chi connectivity index (χ0) is 12.4. The summed E-state index contributed by atoms with van der Waals surface area (Å²) in [6.45, 7) is 0.263. The molecule has 3 N–H and O–H groups in total. The average Bonchev–Trinajstić information content (AvgIpc) is 2.27. The molecule has 0 aliphatic rings. The van der Waals surface area contributed by atoms with Crippen molar-refractivity contribution >= 4 is 17.3 Å². The molecule has 5 nitrogen and oxygen atoms in total. The summed E-state index contributed by atoms with van der Waals surface area (Å²) in [4.78, 5) is 24.5. The Hall–Kier alpha value is -2.01. The Morgan fingerprint density at radius 3 is 2.76 bits per heavy atom. The highest BCUT2D eigenvalue weighted by Crippen LogP contribution is 2.19. The molecule has 0 spiro atoms. The number of aromatic nitrogens is 2. The van der Waals surface area contributed by atoms with E-state index in [1.807, 2.05) is 0 Å². The molecular weight excluding hydrogens is 242 g/mol. The van der Waals surface area contributed by atoms with Gasteiger partial charge >= 0.3 is 5.69 Å². The lowest BCUT2D eigenvalue weighted by Crippen LogP contribution is -2.28. The molecule has 0 radical (unpaired) electrons. The van der Waals surface area contributed by atoms with Crippen LogP contribution in [0.1, 0.15) is 5.56 Å². The zero-order valence-electron chi connectivity index (χ0n) is 8.81. The van der Waals surface area contributed by atoms with Crippen molar-refractivity contribution in [3.63, 3.8) is 0 Å². The quantitative estimate of drug-likeness (QED) is 0.776. The van der Waals surface area contributed by atoms with Crippen LogP contribution in [0.15, 0.2) is 40.1 Å². The molecule has 17 heavy (non-hydrogen) atoms. The second kappa shape index (κ2) is 4.47. The van der Waals surface area contributed by atoms with Crippen molar-refractivity contribution in [3.8, 4) is 0 Å². The SMILES string of the molecule is Nc1ccc(Cl)c(Cn2ccc(=O)[nH]c2=O)c1. The van der Waals surface area contributed by atoms with Crippen molar-refractivity contribution in [1.29, 1.82) is 0 Å². The first-order valence-electron chi connectivity index (χ1n) is 4.90. The Balaban J connectivity index is 2.41. The van der Waals surface area contributed by atoms with E-state index in [1.165, 1.54) is 16.8 Å². The molecule has 1 aromatic carbocycles. The van der Waals surface area contributed by atoms with Crippen molar-refractivity contribution in [3.05, 3.63) is 61.9 Å². The largest absolute Gasteiger partial charge is 0.399 e. The van der Waals surface area contributed by atoms with Crippen LogP contribution < -0.4 is 17.0 Å². The molecule has 1 aromatic heterocycles. The van der Waals surface area contributed by atoms with Crippen LogP contribution in [0.3, 0.4) is 0 Å².